The summed E-state index contributed by atoms with van der Waals surface area (Å²) in [5.74, 6) is 0.860. The van der Waals surface area contributed by atoms with Crippen LogP contribution >= 0.6 is 11.3 Å². The second-order valence-corrected chi connectivity index (χ2v) is 5.12. The van der Waals surface area contributed by atoms with Gasteiger partial charge in [-0.2, -0.15) is 0 Å². The van der Waals surface area contributed by atoms with E-state index in [0.29, 0.717) is 0 Å². The third kappa shape index (κ3) is 1.73. The molecule has 0 aliphatic rings. The zero-order valence-corrected chi connectivity index (χ0v) is 10.8. The van der Waals surface area contributed by atoms with Crippen LogP contribution in [0.4, 0.5) is 5.69 Å². The molecule has 0 fully saturated rings. The Bertz CT molecular complexity index is 685. The average molecular weight is 255 g/mol. The van der Waals surface area contributed by atoms with E-state index in [9.17, 15) is 0 Å². The molecule has 2 aromatic carbocycles. The molecular formula is C15H13NOS. The number of rotatable bonds is 2. The van der Waals surface area contributed by atoms with Gasteiger partial charge < -0.3 is 10.5 Å². The molecule has 0 amide bonds. The highest BCUT2D eigenvalue weighted by atomic mass is 32.1. The quantitative estimate of drug-likeness (QED) is 0.746. The monoisotopic (exact) mass is 255 g/mol. The number of ether oxygens (including phenoxy) is 1. The van der Waals surface area contributed by atoms with E-state index in [0.717, 1.165) is 27.3 Å². The molecule has 2 nitrogen and oxygen atoms in total. The number of nitrogen functional groups attached to an aromatic ring is 1. The molecule has 3 rings (SSSR count). The van der Waals surface area contributed by atoms with Crippen LogP contribution in [0.25, 0.3) is 20.5 Å². The first-order chi connectivity index (χ1) is 8.79. The van der Waals surface area contributed by atoms with Crippen molar-refractivity contribution in [2.45, 2.75) is 0 Å². The molecule has 0 spiro atoms. The van der Waals surface area contributed by atoms with E-state index in [1.807, 2.05) is 36.4 Å². The number of anilines is 1. The van der Waals surface area contributed by atoms with Crippen molar-refractivity contribution < 1.29 is 4.74 Å². The zero-order valence-electron chi connectivity index (χ0n) is 10.0. The van der Waals surface area contributed by atoms with Crippen LogP contribution < -0.4 is 10.5 Å². The number of methoxy groups -OCH3 is 1. The summed E-state index contributed by atoms with van der Waals surface area (Å²) in [6.45, 7) is 0. The van der Waals surface area contributed by atoms with Crippen LogP contribution in [0.15, 0.2) is 48.5 Å². The van der Waals surface area contributed by atoms with E-state index in [1.165, 1.54) is 4.70 Å². The minimum atomic E-state index is 0.860. The zero-order chi connectivity index (χ0) is 12.5. The Morgan fingerprint density at radius 3 is 2.39 bits per heavy atom. The highest BCUT2D eigenvalue weighted by molar-refractivity contribution is 7.23. The lowest BCUT2D eigenvalue weighted by Crippen LogP contribution is -1.86. The van der Waals surface area contributed by atoms with Gasteiger partial charge in [-0.3, -0.25) is 0 Å². The summed E-state index contributed by atoms with van der Waals surface area (Å²) in [6.07, 6.45) is 0. The molecule has 0 unspecified atom stereocenters. The van der Waals surface area contributed by atoms with Gasteiger partial charge in [-0.05, 0) is 35.9 Å². The second kappa shape index (κ2) is 4.35. The summed E-state index contributed by atoms with van der Waals surface area (Å²) < 4.78 is 6.39. The first-order valence-corrected chi connectivity index (χ1v) is 6.52. The molecule has 0 saturated carbocycles. The van der Waals surface area contributed by atoms with Gasteiger partial charge in [0.1, 0.15) is 5.75 Å². The van der Waals surface area contributed by atoms with Crippen molar-refractivity contribution in [2.75, 3.05) is 12.8 Å². The maximum absolute atomic E-state index is 6.22. The third-order valence-electron chi connectivity index (χ3n) is 2.99. The largest absolute Gasteiger partial charge is 0.497 e. The van der Waals surface area contributed by atoms with Gasteiger partial charge in [-0.1, -0.05) is 18.2 Å². The van der Waals surface area contributed by atoms with Crippen LogP contribution in [0.3, 0.4) is 0 Å². The number of benzene rings is 2. The van der Waals surface area contributed by atoms with Gasteiger partial charge >= 0.3 is 0 Å². The number of nitrogens with two attached hydrogens (primary N) is 1. The molecule has 0 atom stereocenters. The highest BCUT2D eigenvalue weighted by Gasteiger charge is 2.10. The Hall–Kier alpha value is -2.00. The predicted molar refractivity (Wildman–Crippen MR) is 78.2 cm³/mol. The summed E-state index contributed by atoms with van der Waals surface area (Å²) in [4.78, 5) is 1.12. The summed E-state index contributed by atoms with van der Waals surface area (Å²) in [7, 11) is 1.67. The van der Waals surface area contributed by atoms with Crippen LogP contribution in [0.5, 0.6) is 5.75 Å². The second-order valence-electron chi connectivity index (χ2n) is 4.07. The van der Waals surface area contributed by atoms with Gasteiger partial charge in [0.05, 0.1) is 17.7 Å². The summed E-state index contributed by atoms with van der Waals surface area (Å²) in [6, 6.07) is 16.2. The molecule has 18 heavy (non-hydrogen) atoms. The average Bonchev–Trinajstić information content (AvgIpc) is 2.77. The molecule has 3 aromatic rings. The number of thiophene rings is 1. The van der Waals surface area contributed by atoms with Crippen molar-refractivity contribution >= 4 is 27.1 Å². The van der Waals surface area contributed by atoms with Crippen molar-refractivity contribution in [2.24, 2.45) is 0 Å². The Kier molecular flexibility index (Phi) is 2.68. The van der Waals surface area contributed by atoms with Gasteiger partial charge in [0.2, 0.25) is 0 Å². The van der Waals surface area contributed by atoms with Gasteiger partial charge in [0.15, 0.2) is 0 Å². The normalized spacial score (nSPS) is 10.7. The van der Waals surface area contributed by atoms with Crippen LogP contribution in [0.2, 0.25) is 0 Å². The molecule has 0 radical (unpaired) electrons. The van der Waals surface area contributed by atoms with E-state index in [2.05, 4.69) is 12.1 Å². The first-order valence-electron chi connectivity index (χ1n) is 5.71. The van der Waals surface area contributed by atoms with Crippen LogP contribution in [0, 0.1) is 0 Å². The van der Waals surface area contributed by atoms with Crippen molar-refractivity contribution in [1.82, 2.24) is 0 Å². The Morgan fingerprint density at radius 2 is 1.72 bits per heavy atom. The standard InChI is InChI=1S/C15H13NOS/c1-17-11-8-6-10(7-9-11)15-14(16)12-4-2-3-5-13(12)18-15/h2-9H,16H2,1H3. The first kappa shape index (κ1) is 11.1. The maximum Gasteiger partial charge on any atom is 0.118 e. The number of hydrogen-bond acceptors (Lipinski definition) is 3. The molecule has 3 heteroatoms. The Balaban J connectivity index is 2.15. The third-order valence-corrected chi connectivity index (χ3v) is 4.22. The predicted octanol–water partition coefficient (Wildman–Crippen LogP) is 4.16. The van der Waals surface area contributed by atoms with Crippen molar-refractivity contribution in [3.05, 3.63) is 48.5 Å². The van der Waals surface area contributed by atoms with Gasteiger partial charge in [-0.15, -0.1) is 11.3 Å². The lowest BCUT2D eigenvalue weighted by molar-refractivity contribution is 0.415. The van der Waals surface area contributed by atoms with Crippen molar-refractivity contribution in [1.29, 1.82) is 0 Å². The van der Waals surface area contributed by atoms with E-state index in [-0.39, 0.29) is 0 Å². The molecule has 0 aliphatic carbocycles. The molecule has 1 heterocycles. The van der Waals surface area contributed by atoms with Gasteiger partial charge in [-0.25, -0.2) is 0 Å². The highest BCUT2D eigenvalue weighted by Crippen LogP contribution is 2.40. The van der Waals surface area contributed by atoms with Crippen LogP contribution in [-0.4, -0.2) is 7.11 Å². The smallest absolute Gasteiger partial charge is 0.118 e. The minimum absolute atomic E-state index is 0.860. The van der Waals surface area contributed by atoms with Crippen molar-refractivity contribution in [3.8, 4) is 16.2 Å². The maximum atomic E-state index is 6.22. The van der Waals surface area contributed by atoms with E-state index >= 15 is 0 Å². The fourth-order valence-corrected chi connectivity index (χ4v) is 3.15. The minimum Gasteiger partial charge on any atom is -0.497 e. The van der Waals surface area contributed by atoms with Crippen LogP contribution in [0.1, 0.15) is 0 Å². The topological polar surface area (TPSA) is 35.2 Å². The Labute approximate surface area is 110 Å². The van der Waals surface area contributed by atoms with Crippen molar-refractivity contribution in [3.63, 3.8) is 0 Å². The van der Waals surface area contributed by atoms with E-state index < -0.39 is 0 Å². The van der Waals surface area contributed by atoms with E-state index in [1.54, 1.807) is 18.4 Å². The fourth-order valence-electron chi connectivity index (χ4n) is 2.02. The SMILES string of the molecule is COc1ccc(-c2sc3ccccc3c2N)cc1. The molecular weight excluding hydrogens is 242 g/mol. The van der Waals surface area contributed by atoms with E-state index in [4.69, 9.17) is 10.5 Å². The lowest BCUT2D eigenvalue weighted by atomic mass is 10.1. The summed E-state index contributed by atoms with van der Waals surface area (Å²) >= 11 is 1.72. The molecule has 2 N–H and O–H groups in total. The fraction of sp³-hybridized carbons (Fsp3) is 0.0667. The summed E-state index contributed by atoms with van der Waals surface area (Å²) in [5.41, 5.74) is 8.22. The number of hydrogen-bond donors (Lipinski definition) is 1. The van der Waals surface area contributed by atoms with Crippen LogP contribution in [-0.2, 0) is 0 Å². The number of fused-ring (bicyclic) bond motifs is 1. The molecule has 1 aromatic heterocycles. The molecule has 0 bridgehead atoms. The van der Waals surface area contributed by atoms with Gasteiger partial charge in [0, 0.05) is 10.1 Å². The lowest BCUT2D eigenvalue weighted by Gasteiger charge is -2.02. The van der Waals surface area contributed by atoms with Gasteiger partial charge in [0.25, 0.3) is 0 Å². The summed E-state index contributed by atoms with van der Waals surface area (Å²) in [5, 5.41) is 1.13. The Morgan fingerprint density at radius 1 is 1.00 bits per heavy atom. The molecule has 90 valence electrons. The molecule has 0 saturated heterocycles. The molecule has 0 aliphatic heterocycles.